The Morgan fingerprint density at radius 1 is 1.16 bits per heavy atom. The Hall–Kier alpha value is -0.120. The fourth-order valence-corrected chi connectivity index (χ4v) is 3.45. The molecule has 112 valence electrons. The lowest BCUT2D eigenvalue weighted by atomic mass is 9.64. The zero-order valence-electron chi connectivity index (χ0n) is 13.1. The summed E-state index contributed by atoms with van der Waals surface area (Å²) in [5, 5.41) is 3.64. The van der Waals surface area contributed by atoms with Crippen molar-refractivity contribution in [2.75, 3.05) is 13.7 Å². The van der Waals surface area contributed by atoms with Crippen molar-refractivity contribution in [1.29, 1.82) is 0 Å². The number of nitrogens with one attached hydrogen (secondary N) is 1. The van der Waals surface area contributed by atoms with Crippen LogP contribution in [0.3, 0.4) is 0 Å². The average Bonchev–Trinajstić information content (AvgIpc) is 2.42. The number of ether oxygens (including phenoxy) is 2. The summed E-state index contributed by atoms with van der Waals surface area (Å²) >= 11 is 0. The summed E-state index contributed by atoms with van der Waals surface area (Å²) in [6, 6.07) is 0.624. The minimum atomic E-state index is 0.273. The zero-order chi connectivity index (χ0) is 13.9. The van der Waals surface area contributed by atoms with Crippen molar-refractivity contribution in [3.8, 4) is 0 Å². The van der Waals surface area contributed by atoms with Gasteiger partial charge in [-0.2, -0.15) is 0 Å². The van der Waals surface area contributed by atoms with E-state index in [0.29, 0.717) is 24.4 Å². The van der Waals surface area contributed by atoms with E-state index in [1.165, 1.54) is 32.1 Å². The quantitative estimate of drug-likeness (QED) is 0.803. The highest BCUT2D eigenvalue weighted by atomic mass is 16.5. The number of methoxy groups -OCH3 is 1. The first kappa shape index (κ1) is 15.3. The first-order valence-electron chi connectivity index (χ1n) is 7.99. The first-order valence-corrected chi connectivity index (χ1v) is 7.99. The molecule has 0 radical (unpaired) electrons. The monoisotopic (exact) mass is 269 g/mol. The predicted molar refractivity (Wildman–Crippen MR) is 78.4 cm³/mol. The second kappa shape index (κ2) is 6.55. The van der Waals surface area contributed by atoms with E-state index in [-0.39, 0.29) is 5.41 Å². The summed E-state index contributed by atoms with van der Waals surface area (Å²) in [6.07, 6.45) is 8.35. The molecule has 0 heterocycles. The minimum absolute atomic E-state index is 0.273. The summed E-state index contributed by atoms with van der Waals surface area (Å²) in [5.41, 5.74) is 0.273. The van der Waals surface area contributed by atoms with Gasteiger partial charge < -0.3 is 14.8 Å². The molecule has 3 heteroatoms. The van der Waals surface area contributed by atoms with Gasteiger partial charge in [-0.3, -0.25) is 0 Å². The minimum Gasteiger partial charge on any atom is -0.381 e. The van der Waals surface area contributed by atoms with Crippen LogP contribution in [0.25, 0.3) is 0 Å². The zero-order valence-corrected chi connectivity index (χ0v) is 13.1. The van der Waals surface area contributed by atoms with Gasteiger partial charge in [0.25, 0.3) is 0 Å². The molecule has 0 bridgehead atoms. The van der Waals surface area contributed by atoms with Crippen LogP contribution in [0.5, 0.6) is 0 Å². The Labute approximate surface area is 118 Å². The van der Waals surface area contributed by atoms with Crippen molar-refractivity contribution in [1.82, 2.24) is 5.32 Å². The maximum Gasteiger partial charge on any atom is 0.0659 e. The summed E-state index contributed by atoms with van der Waals surface area (Å²) in [6.45, 7) is 8.02. The van der Waals surface area contributed by atoms with Crippen LogP contribution < -0.4 is 5.32 Å². The summed E-state index contributed by atoms with van der Waals surface area (Å²) in [4.78, 5) is 0. The van der Waals surface area contributed by atoms with Crippen molar-refractivity contribution in [3.05, 3.63) is 0 Å². The van der Waals surface area contributed by atoms with Gasteiger partial charge in [-0.15, -0.1) is 0 Å². The number of hydrogen-bond acceptors (Lipinski definition) is 3. The number of rotatable bonds is 6. The third-order valence-electron chi connectivity index (χ3n) is 5.09. The molecule has 2 aliphatic carbocycles. The molecule has 2 rings (SSSR count). The van der Waals surface area contributed by atoms with Gasteiger partial charge in [-0.1, -0.05) is 20.8 Å². The molecule has 0 aromatic carbocycles. The summed E-state index contributed by atoms with van der Waals surface area (Å²) < 4.78 is 11.9. The molecule has 4 atom stereocenters. The molecule has 0 aliphatic heterocycles. The van der Waals surface area contributed by atoms with E-state index < -0.39 is 0 Å². The largest absolute Gasteiger partial charge is 0.381 e. The normalized spacial score (nSPS) is 37.9. The molecule has 2 aliphatic rings. The van der Waals surface area contributed by atoms with E-state index >= 15 is 0 Å². The third-order valence-corrected chi connectivity index (χ3v) is 5.09. The van der Waals surface area contributed by atoms with Crippen molar-refractivity contribution >= 4 is 0 Å². The van der Waals surface area contributed by atoms with E-state index in [0.717, 1.165) is 13.0 Å². The van der Waals surface area contributed by atoms with E-state index in [9.17, 15) is 0 Å². The van der Waals surface area contributed by atoms with Crippen LogP contribution in [0.15, 0.2) is 0 Å². The molecule has 2 fully saturated rings. The SMILES string of the molecule is CCCNC1CC(OC2CCCC(OC)C2)C1(C)C. The van der Waals surface area contributed by atoms with Crippen LogP contribution in [-0.4, -0.2) is 38.0 Å². The summed E-state index contributed by atoms with van der Waals surface area (Å²) in [5.74, 6) is 0. The second-order valence-electron chi connectivity index (χ2n) is 6.83. The van der Waals surface area contributed by atoms with Crippen LogP contribution in [0.2, 0.25) is 0 Å². The van der Waals surface area contributed by atoms with E-state index in [1.54, 1.807) is 0 Å². The van der Waals surface area contributed by atoms with E-state index in [2.05, 4.69) is 26.1 Å². The van der Waals surface area contributed by atoms with Crippen LogP contribution >= 0.6 is 0 Å². The molecule has 0 saturated heterocycles. The molecule has 0 aromatic rings. The Morgan fingerprint density at radius 3 is 2.53 bits per heavy atom. The highest BCUT2D eigenvalue weighted by Crippen LogP contribution is 2.44. The molecule has 1 N–H and O–H groups in total. The smallest absolute Gasteiger partial charge is 0.0659 e. The van der Waals surface area contributed by atoms with Crippen LogP contribution in [0.4, 0.5) is 0 Å². The van der Waals surface area contributed by atoms with Gasteiger partial charge in [0.15, 0.2) is 0 Å². The van der Waals surface area contributed by atoms with Gasteiger partial charge in [0, 0.05) is 18.6 Å². The lowest BCUT2D eigenvalue weighted by Crippen LogP contribution is -2.61. The van der Waals surface area contributed by atoms with E-state index in [4.69, 9.17) is 9.47 Å². The Bertz CT molecular complexity index is 280. The fourth-order valence-electron chi connectivity index (χ4n) is 3.45. The molecular weight excluding hydrogens is 238 g/mol. The average molecular weight is 269 g/mol. The molecule has 4 unspecified atom stereocenters. The van der Waals surface area contributed by atoms with Crippen LogP contribution in [0, 0.1) is 5.41 Å². The molecule has 2 saturated carbocycles. The Morgan fingerprint density at radius 2 is 1.89 bits per heavy atom. The second-order valence-corrected chi connectivity index (χ2v) is 6.83. The third kappa shape index (κ3) is 3.50. The topological polar surface area (TPSA) is 30.5 Å². The molecule has 3 nitrogen and oxygen atoms in total. The fraction of sp³-hybridized carbons (Fsp3) is 1.00. The lowest BCUT2D eigenvalue weighted by Gasteiger charge is -2.53. The molecular formula is C16H31NO2. The number of hydrogen-bond donors (Lipinski definition) is 1. The van der Waals surface area contributed by atoms with E-state index in [1.807, 2.05) is 7.11 Å². The molecule has 0 spiro atoms. The van der Waals surface area contributed by atoms with Crippen LogP contribution in [-0.2, 0) is 9.47 Å². The highest BCUT2D eigenvalue weighted by Gasteiger charge is 2.49. The standard InChI is InChI=1S/C16H31NO2/c1-5-9-17-14-11-15(16(14,2)3)19-13-8-6-7-12(10-13)18-4/h12-15,17H,5-11H2,1-4H3. The first-order chi connectivity index (χ1) is 9.07. The molecule has 19 heavy (non-hydrogen) atoms. The highest BCUT2D eigenvalue weighted by molar-refractivity contribution is 5.03. The molecule has 0 amide bonds. The summed E-state index contributed by atoms with van der Waals surface area (Å²) in [7, 11) is 1.82. The van der Waals surface area contributed by atoms with Crippen molar-refractivity contribution in [2.24, 2.45) is 5.41 Å². The lowest BCUT2D eigenvalue weighted by molar-refractivity contribution is -0.163. The van der Waals surface area contributed by atoms with Gasteiger partial charge in [0.05, 0.1) is 18.3 Å². The molecule has 0 aromatic heterocycles. The van der Waals surface area contributed by atoms with Gasteiger partial charge in [0.1, 0.15) is 0 Å². The van der Waals surface area contributed by atoms with Gasteiger partial charge in [-0.05, 0) is 45.1 Å². The van der Waals surface area contributed by atoms with Crippen molar-refractivity contribution in [3.63, 3.8) is 0 Å². The Balaban J connectivity index is 1.78. The van der Waals surface area contributed by atoms with Gasteiger partial charge in [0.2, 0.25) is 0 Å². The Kier molecular flexibility index (Phi) is 5.27. The van der Waals surface area contributed by atoms with Crippen molar-refractivity contribution < 1.29 is 9.47 Å². The van der Waals surface area contributed by atoms with Gasteiger partial charge in [-0.25, -0.2) is 0 Å². The maximum absolute atomic E-state index is 6.36. The maximum atomic E-state index is 6.36. The van der Waals surface area contributed by atoms with Crippen molar-refractivity contribution in [2.45, 2.75) is 83.6 Å². The predicted octanol–water partition coefficient (Wildman–Crippen LogP) is 3.13. The van der Waals surface area contributed by atoms with Crippen LogP contribution in [0.1, 0.15) is 59.3 Å². The van der Waals surface area contributed by atoms with Gasteiger partial charge >= 0.3 is 0 Å².